The van der Waals surface area contributed by atoms with Crippen LogP contribution in [0.15, 0.2) is 0 Å². The normalized spacial score (nSPS) is 20.5. The van der Waals surface area contributed by atoms with Crippen LogP contribution in [0.1, 0.15) is 39.5 Å². The zero-order chi connectivity index (χ0) is 13.4. The van der Waals surface area contributed by atoms with Gasteiger partial charge in [-0.2, -0.15) is 0 Å². The Balaban J connectivity index is 2.20. The summed E-state index contributed by atoms with van der Waals surface area (Å²) in [5.74, 6) is 0. The van der Waals surface area contributed by atoms with E-state index in [1.807, 2.05) is 0 Å². The molecule has 0 aliphatic heterocycles. The first-order chi connectivity index (χ1) is 8.65. The Kier molecular flexibility index (Phi) is 7.15. The Labute approximate surface area is 111 Å². The Bertz CT molecular complexity index is 214. The van der Waals surface area contributed by atoms with Crippen LogP contribution in [0.4, 0.5) is 0 Å². The summed E-state index contributed by atoms with van der Waals surface area (Å²) >= 11 is 0. The van der Waals surface area contributed by atoms with Gasteiger partial charge in [0.05, 0.1) is 6.10 Å². The minimum atomic E-state index is -0.318. The van der Waals surface area contributed by atoms with Crippen LogP contribution in [0, 0.1) is 5.41 Å². The third-order valence-corrected chi connectivity index (χ3v) is 4.24. The van der Waals surface area contributed by atoms with Crippen molar-refractivity contribution in [2.75, 3.05) is 39.3 Å². The van der Waals surface area contributed by atoms with Crippen molar-refractivity contribution in [3.05, 3.63) is 0 Å². The topological polar surface area (TPSA) is 55.7 Å². The smallest absolute Gasteiger partial charge is 0.0791 e. The zero-order valence-electron chi connectivity index (χ0n) is 12.0. The molecule has 0 heterocycles. The molecule has 0 spiro atoms. The van der Waals surface area contributed by atoms with E-state index in [9.17, 15) is 10.2 Å². The third-order valence-electron chi connectivity index (χ3n) is 4.24. The van der Waals surface area contributed by atoms with Crippen LogP contribution in [-0.2, 0) is 0 Å². The van der Waals surface area contributed by atoms with Gasteiger partial charge in [-0.05, 0) is 25.9 Å². The lowest BCUT2D eigenvalue weighted by atomic mass is 9.87. The van der Waals surface area contributed by atoms with Crippen molar-refractivity contribution in [1.82, 2.24) is 10.2 Å². The molecule has 1 atom stereocenters. The van der Waals surface area contributed by atoms with Crippen molar-refractivity contribution in [1.29, 1.82) is 0 Å². The minimum Gasteiger partial charge on any atom is -0.396 e. The Morgan fingerprint density at radius 2 is 1.83 bits per heavy atom. The van der Waals surface area contributed by atoms with Gasteiger partial charge in [-0.15, -0.1) is 0 Å². The molecule has 0 saturated heterocycles. The first kappa shape index (κ1) is 15.9. The highest BCUT2D eigenvalue weighted by Gasteiger charge is 2.32. The van der Waals surface area contributed by atoms with Crippen molar-refractivity contribution in [3.8, 4) is 0 Å². The molecular formula is C14H30N2O2. The lowest BCUT2D eigenvalue weighted by molar-refractivity contribution is 0.0986. The molecule has 4 heteroatoms. The predicted octanol–water partition coefficient (Wildman–Crippen LogP) is 0.831. The lowest BCUT2D eigenvalue weighted by Crippen LogP contribution is -2.42. The van der Waals surface area contributed by atoms with Gasteiger partial charge >= 0.3 is 0 Å². The largest absolute Gasteiger partial charge is 0.396 e. The minimum absolute atomic E-state index is 0.0783. The Morgan fingerprint density at radius 1 is 1.22 bits per heavy atom. The molecule has 1 aliphatic rings. The van der Waals surface area contributed by atoms with E-state index in [0.29, 0.717) is 6.54 Å². The molecule has 1 unspecified atom stereocenters. The monoisotopic (exact) mass is 258 g/mol. The van der Waals surface area contributed by atoms with E-state index in [1.165, 1.54) is 12.8 Å². The fourth-order valence-electron chi connectivity index (χ4n) is 2.86. The zero-order valence-corrected chi connectivity index (χ0v) is 12.0. The number of hydrogen-bond acceptors (Lipinski definition) is 4. The molecule has 0 aromatic carbocycles. The summed E-state index contributed by atoms with van der Waals surface area (Å²) in [6, 6.07) is 0. The number of aliphatic hydroxyl groups is 2. The first-order valence-corrected chi connectivity index (χ1v) is 7.38. The van der Waals surface area contributed by atoms with Gasteiger partial charge in [-0.3, -0.25) is 0 Å². The highest BCUT2D eigenvalue weighted by Crippen LogP contribution is 2.36. The molecule has 0 bridgehead atoms. The van der Waals surface area contributed by atoms with Gasteiger partial charge in [0.2, 0.25) is 0 Å². The fourth-order valence-corrected chi connectivity index (χ4v) is 2.86. The highest BCUT2D eigenvalue weighted by atomic mass is 16.3. The average molecular weight is 258 g/mol. The summed E-state index contributed by atoms with van der Waals surface area (Å²) in [6.07, 6.45) is 4.36. The summed E-state index contributed by atoms with van der Waals surface area (Å²) in [6.45, 7) is 8.64. The van der Waals surface area contributed by atoms with Gasteiger partial charge in [-0.25, -0.2) is 0 Å². The van der Waals surface area contributed by atoms with E-state index in [1.54, 1.807) is 0 Å². The fraction of sp³-hybridized carbons (Fsp3) is 1.00. The van der Waals surface area contributed by atoms with E-state index < -0.39 is 0 Å². The van der Waals surface area contributed by atoms with Gasteiger partial charge in [0.15, 0.2) is 0 Å². The standard InChI is InChI=1S/C14H30N2O2/c1-3-16(4-2)10-13(18)9-15-11-14(12-17)7-5-6-8-14/h13,15,17-18H,3-12H2,1-2H3. The second kappa shape index (κ2) is 8.10. The molecule has 0 radical (unpaired) electrons. The van der Waals surface area contributed by atoms with Crippen LogP contribution in [0.2, 0.25) is 0 Å². The average Bonchev–Trinajstić information content (AvgIpc) is 2.85. The maximum atomic E-state index is 9.95. The van der Waals surface area contributed by atoms with Crippen molar-refractivity contribution in [3.63, 3.8) is 0 Å². The number of rotatable bonds is 9. The summed E-state index contributed by atoms with van der Waals surface area (Å²) in [5, 5.41) is 22.8. The van der Waals surface area contributed by atoms with E-state index >= 15 is 0 Å². The number of nitrogens with zero attached hydrogens (tertiary/aromatic N) is 1. The predicted molar refractivity (Wildman–Crippen MR) is 74.7 cm³/mol. The Morgan fingerprint density at radius 3 is 2.33 bits per heavy atom. The van der Waals surface area contributed by atoms with Crippen LogP contribution < -0.4 is 5.32 Å². The second-order valence-corrected chi connectivity index (χ2v) is 5.64. The number of aliphatic hydroxyl groups excluding tert-OH is 2. The highest BCUT2D eigenvalue weighted by molar-refractivity contribution is 4.86. The maximum Gasteiger partial charge on any atom is 0.0791 e. The van der Waals surface area contributed by atoms with Crippen molar-refractivity contribution in [2.24, 2.45) is 5.41 Å². The quantitative estimate of drug-likeness (QED) is 0.573. The van der Waals surface area contributed by atoms with Crippen molar-refractivity contribution < 1.29 is 10.2 Å². The van der Waals surface area contributed by atoms with Crippen molar-refractivity contribution >= 4 is 0 Å². The first-order valence-electron chi connectivity index (χ1n) is 7.38. The number of nitrogens with one attached hydrogen (secondary N) is 1. The molecule has 18 heavy (non-hydrogen) atoms. The molecule has 0 aromatic rings. The summed E-state index contributed by atoms with van der Waals surface area (Å²) in [7, 11) is 0. The molecule has 1 fully saturated rings. The summed E-state index contributed by atoms with van der Waals surface area (Å²) < 4.78 is 0. The van der Waals surface area contributed by atoms with Crippen LogP contribution in [0.25, 0.3) is 0 Å². The summed E-state index contributed by atoms with van der Waals surface area (Å²) in [4.78, 5) is 2.23. The molecule has 0 amide bonds. The lowest BCUT2D eigenvalue weighted by Gasteiger charge is -2.28. The summed E-state index contributed by atoms with van der Waals surface area (Å²) in [5.41, 5.74) is 0.0783. The van der Waals surface area contributed by atoms with E-state index in [0.717, 1.165) is 39.0 Å². The van der Waals surface area contributed by atoms with Gasteiger partial charge < -0.3 is 20.4 Å². The maximum absolute atomic E-state index is 9.95. The van der Waals surface area contributed by atoms with Gasteiger partial charge in [-0.1, -0.05) is 26.7 Å². The SMILES string of the molecule is CCN(CC)CC(O)CNCC1(CO)CCCC1. The van der Waals surface area contributed by atoms with Crippen LogP contribution in [0.3, 0.4) is 0 Å². The molecular weight excluding hydrogens is 228 g/mol. The van der Waals surface area contributed by atoms with Gasteiger partial charge in [0, 0.05) is 31.7 Å². The third kappa shape index (κ3) is 4.84. The number of likely N-dealkylation sites (N-methyl/N-ethyl adjacent to an activating group) is 1. The van der Waals surface area contributed by atoms with E-state index in [-0.39, 0.29) is 18.1 Å². The van der Waals surface area contributed by atoms with Gasteiger partial charge in [0.25, 0.3) is 0 Å². The Hall–Kier alpha value is -0.160. The molecule has 3 N–H and O–H groups in total. The van der Waals surface area contributed by atoms with E-state index in [2.05, 4.69) is 24.1 Å². The van der Waals surface area contributed by atoms with Crippen LogP contribution in [-0.4, -0.2) is 60.5 Å². The van der Waals surface area contributed by atoms with Crippen LogP contribution in [0.5, 0.6) is 0 Å². The molecule has 1 aliphatic carbocycles. The second-order valence-electron chi connectivity index (χ2n) is 5.64. The van der Waals surface area contributed by atoms with Crippen molar-refractivity contribution in [2.45, 2.75) is 45.6 Å². The van der Waals surface area contributed by atoms with Gasteiger partial charge in [0.1, 0.15) is 0 Å². The van der Waals surface area contributed by atoms with E-state index in [4.69, 9.17) is 0 Å². The molecule has 108 valence electrons. The van der Waals surface area contributed by atoms with Crippen LogP contribution >= 0.6 is 0 Å². The molecule has 0 aromatic heterocycles. The number of hydrogen-bond donors (Lipinski definition) is 3. The molecule has 1 saturated carbocycles. The molecule has 4 nitrogen and oxygen atoms in total. The molecule has 1 rings (SSSR count).